The van der Waals surface area contributed by atoms with Gasteiger partial charge >= 0.3 is 0 Å². The minimum absolute atomic E-state index is 0.187. The Balaban J connectivity index is 2.66. The van der Waals surface area contributed by atoms with Gasteiger partial charge in [0.1, 0.15) is 5.82 Å². The van der Waals surface area contributed by atoms with Crippen molar-refractivity contribution in [3.8, 4) is 0 Å². The SMILES string of the molecule is Cc1cc(C)c(C2(N=C=O)CC2)c(C)c1F. The molecule has 0 saturated heterocycles. The van der Waals surface area contributed by atoms with Crippen molar-refractivity contribution in [3.63, 3.8) is 0 Å². The number of rotatable bonds is 2. The van der Waals surface area contributed by atoms with Gasteiger partial charge in [0.25, 0.3) is 0 Å². The zero-order valence-electron chi connectivity index (χ0n) is 9.72. The van der Waals surface area contributed by atoms with Gasteiger partial charge in [-0.25, -0.2) is 9.18 Å². The van der Waals surface area contributed by atoms with E-state index < -0.39 is 5.54 Å². The van der Waals surface area contributed by atoms with E-state index in [-0.39, 0.29) is 5.82 Å². The number of aliphatic imine (C=N–C) groups is 1. The lowest BCUT2D eigenvalue weighted by atomic mass is 9.92. The second-order valence-electron chi connectivity index (χ2n) is 4.56. The molecule has 0 heterocycles. The van der Waals surface area contributed by atoms with Gasteiger partial charge in [-0.3, -0.25) is 0 Å². The van der Waals surface area contributed by atoms with Gasteiger partial charge < -0.3 is 0 Å². The maximum atomic E-state index is 13.8. The van der Waals surface area contributed by atoms with Gasteiger partial charge in [0.15, 0.2) is 0 Å². The molecule has 1 aliphatic carbocycles. The summed E-state index contributed by atoms with van der Waals surface area (Å²) in [5, 5.41) is 0. The summed E-state index contributed by atoms with van der Waals surface area (Å²) >= 11 is 0. The molecule has 1 aromatic carbocycles. The number of isocyanates is 1. The molecule has 0 unspecified atom stereocenters. The largest absolute Gasteiger partial charge is 0.235 e. The fraction of sp³-hybridized carbons (Fsp3) is 0.462. The van der Waals surface area contributed by atoms with Gasteiger partial charge in [-0.2, -0.15) is 4.99 Å². The zero-order valence-corrected chi connectivity index (χ0v) is 9.72. The van der Waals surface area contributed by atoms with Gasteiger partial charge in [0.2, 0.25) is 6.08 Å². The summed E-state index contributed by atoms with van der Waals surface area (Å²) < 4.78 is 13.8. The Kier molecular flexibility index (Phi) is 2.43. The second-order valence-corrected chi connectivity index (χ2v) is 4.56. The molecule has 0 amide bonds. The number of halogens is 1. The van der Waals surface area contributed by atoms with Crippen molar-refractivity contribution in [2.45, 2.75) is 39.2 Å². The number of benzene rings is 1. The molecule has 2 nitrogen and oxygen atoms in total. The normalized spacial score (nSPS) is 16.8. The molecule has 0 spiro atoms. The summed E-state index contributed by atoms with van der Waals surface area (Å²) in [4.78, 5) is 14.3. The zero-order chi connectivity index (χ0) is 11.9. The molecule has 1 aromatic rings. The van der Waals surface area contributed by atoms with Gasteiger partial charge in [0, 0.05) is 0 Å². The van der Waals surface area contributed by atoms with Gasteiger partial charge in [-0.15, -0.1) is 0 Å². The second kappa shape index (κ2) is 3.53. The molecule has 3 heteroatoms. The molecule has 84 valence electrons. The van der Waals surface area contributed by atoms with Gasteiger partial charge in [-0.1, -0.05) is 6.07 Å². The molecule has 16 heavy (non-hydrogen) atoms. The highest BCUT2D eigenvalue weighted by molar-refractivity contribution is 5.49. The highest BCUT2D eigenvalue weighted by atomic mass is 19.1. The Labute approximate surface area is 94.2 Å². The first-order valence-electron chi connectivity index (χ1n) is 5.37. The quantitative estimate of drug-likeness (QED) is 0.555. The first kappa shape index (κ1) is 11.0. The molecule has 1 aliphatic rings. The van der Waals surface area contributed by atoms with Crippen LogP contribution < -0.4 is 0 Å². The molecule has 1 fully saturated rings. The third-order valence-corrected chi connectivity index (χ3v) is 3.33. The van der Waals surface area contributed by atoms with E-state index in [1.54, 1.807) is 19.9 Å². The first-order chi connectivity index (χ1) is 7.52. The van der Waals surface area contributed by atoms with E-state index in [0.29, 0.717) is 11.1 Å². The standard InChI is InChI=1S/C13H14FNO/c1-8-6-9(2)12(14)10(3)11(8)13(4-5-13)15-7-16/h6H,4-5H2,1-3H3. The van der Waals surface area contributed by atoms with Crippen LogP contribution in [0.25, 0.3) is 0 Å². The lowest BCUT2D eigenvalue weighted by Gasteiger charge is -2.17. The number of nitrogens with zero attached hydrogens (tertiary/aromatic N) is 1. The monoisotopic (exact) mass is 219 g/mol. The molecule has 0 bridgehead atoms. The van der Waals surface area contributed by atoms with Crippen LogP contribution in [0.2, 0.25) is 0 Å². The molecule has 0 N–H and O–H groups in total. The van der Waals surface area contributed by atoms with Crippen LogP contribution in [0.3, 0.4) is 0 Å². The molecule has 0 atom stereocenters. The van der Waals surface area contributed by atoms with Crippen molar-refractivity contribution in [2.24, 2.45) is 4.99 Å². The van der Waals surface area contributed by atoms with Crippen LogP contribution in [0.15, 0.2) is 11.1 Å². The predicted octanol–water partition coefficient (Wildman–Crippen LogP) is 3.08. The van der Waals surface area contributed by atoms with E-state index in [4.69, 9.17) is 0 Å². The molecule has 0 aromatic heterocycles. The predicted molar refractivity (Wildman–Crippen MR) is 59.6 cm³/mol. The number of carbonyl (C=O) groups excluding carboxylic acids is 1. The number of aryl methyl sites for hydroxylation is 2. The number of hydrogen-bond donors (Lipinski definition) is 0. The van der Waals surface area contributed by atoms with Crippen molar-refractivity contribution < 1.29 is 9.18 Å². The highest BCUT2D eigenvalue weighted by Gasteiger charge is 2.47. The Hall–Kier alpha value is -1.47. The Bertz CT molecular complexity index is 497. The summed E-state index contributed by atoms with van der Waals surface area (Å²) in [5.74, 6) is -0.187. The molecular weight excluding hydrogens is 205 g/mol. The third-order valence-electron chi connectivity index (χ3n) is 3.33. The van der Waals surface area contributed by atoms with E-state index in [9.17, 15) is 9.18 Å². The topological polar surface area (TPSA) is 29.4 Å². The maximum absolute atomic E-state index is 13.8. The molecule has 0 aliphatic heterocycles. The van der Waals surface area contributed by atoms with Crippen LogP contribution in [0.1, 0.15) is 35.1 Å². The van der Waals surface area contributed by atoms with Crippen molar-refractivity contribution in [3.05, 3.63) is 34.1 Å². The van der Waals surface area contributed by atoms with E-state index in [1.807, 2.05) is 13.0 Å². The Morgan fingerprint density at radius 3 is 2.44 bits per heavy atom. The molecule has 0 radical (unpaired) electrons. The van der Waals surface area contributed by atoms with Gasteiger partial charge in [0.05, 0.1) is 5.54 Å². The van der Waals surface area contributed by atoms with E-state index in [0.717, 1.165) is 24.0 Å². The van der Waals surface area contributed by atoms with Crippen molar-refractivity contribution in [1.82, 2.24) is 0 Å². The highest BCUT2D eigenvalue weighted by Crippen LogP contribution is 2.51. The van der Waals surface area contributed by atoms with Crippen LogP contribution in [0, 0.1) is 26.6 Å². The van der Waals surface area contributed by atoms with Crippen LogP contribution >= 0.6 is 0 Å². The summed E-state index contributed by atoms with van der Waals surface area (Å²) in [6.45, 7) is 5.45. The van der Waals surface area contributed by atoms with Crippen LogP contribution in [0.4, 0.5) is 4.39 Å². The maximum Gasteiger partial charge on any atom is 0.235 e. The summed E-state index contributed by atoms with van der Waals surface area (Å²) in [6.07, 6.45) is 3.23. The molecule has 2 rings (SSSR count). The lowest BCUT2D eigenvalue weighted by Crippen LogP contribution is -2.10. The van der Waals surface area contributed by atoms with Crippen LogP contribution in [-0.4, -0.2) is 6.08 Å². The average molecular weight is 219 g/mol. The minimum atomic E-state index is -0.482. The lowest BCUT2D eigenvalue weighted by molar-refractivity contribution is 0.554. The molecule has 1 saturated carbocycles. The van der Waals surface area contributed by atoms with Gasteiger partial charge in [-0.05, 0) is 55.9 Å². The van der Waals surface area contributed by atoms with Crippen LogP contribution in [0.5, 0.6) is 0 Å². The Morgan fingerprint density at radius 1 is 1.31 bits per heavy atom. The van der Waals surface area contributed by atoms with Crippen molar-refractivity contribution in [2.75, 3.05) is 0 Å². The van der Waals surface area contributed by atoms with Crippen LogP contribution in [-0.2, 0) is 10.3 Å². The number of hydrogen-bond acceptors (Lipinski definition) is 2. The van der Waals surface area contributed by atoms with E-state index >= 15 is 0 Å². The third kappa shape index (κ3) is 1.48. The first-order valence-corrected chi connectivity index (χ1v) is 5.37. The fourth-order valence-electron chi connectivity index (χ4n) is 2.50. The smallest absolute Gasteiger partial charge is 0.211 e. The van der Waals surface area contributed by atoms with Crippen molar-refractivity contribution >= 4 is 6.08 Å². The molecular formula is C13H14FNO. The minimum Gasteiger partial charge on any atom is -0.211 e. The summed E-state index contributed by atoms with van der Waals surface area (Å²) in [5.41, 5.74) is 2.66. The van der Waals surface area contributed by atoms with E-state index in [1.165, 1.54) is 0 Å². The van der Waals surface area contributed by atoms with Crippen molar-refractivity contribution in [1.29, 1.82) is 0 Å². The summed E-state index contributed by atoms with van der Waals surface area (Å²) in [6, 6.07) is 1.82. The van der Waals surface area contributed by atoms with E-state index in [2.05, 4.69) is 4.99 Å². The average Bonchev–Trinajstić information content (AvgIpc) is 2.96. The fourth-order valence-corrected chi connectivity index (χ4v) is 2.50. The summed E-state index contributed by atoms with van der Waals surface area (Å²) in [7, 11) is 0. The Morgan fingerprint density at radius 2 is 1.94 bits per heavy atom.